The topological polar surface area (TPSA) is 55.6 Å². The lowest BCUT2D eigenvalue weighted by Crippen LogP contribution is -2.49. The Morgan fingerprint density at radius 3 is 2.58 bits per heavy atom. The number of benzene rings is 1. The van der Waals surface area contributed by atoms with Crippen LogP contribution in [-0.2, 0) is 11.3 Å². The summed E-state index contributed by atoms with van der Waals surface area (Å²) in [7, 11) is 3.41. The smallest absolute Gasteiger partial charge is 0.242 e. The van der Waals surface area contributed by atoms with Crippen molar-refractivity contribution in [3.05, 3.63) is 23.8 Å². The summed E-state index contributed by atoms with van der Waals surface area (Å²) in [6.07, 6.45) is 2.00. The maximum absolute atomic E-state index is 12.0. The van der Waals surface area contributed by atoms with Crippen molar-refractivity contribution in [2.24, 2.45) is 5.73 Å². The Balaban J connectivity index is 2.86. The molecule has 0 aliphatic carbocycles. The zero-order valence-corrected chi connectivity index (χ0v) is 13.0. The van der Waals surface area contributed by atoms with Gasteiger partial charge in [-0.25, -0.2) is 0 Å². The molecule has 0 heterocycles. The molecule has 0 atom stereocenters. The van der Waals surface area contributed by atoms with E-state index >= 15 is 0 Å². The molecule has 5 heteroatoms. The van der Waals surface area contributed by atoms with Gasteiger partial charge >= 0.3 is 0 Å². The van der Waals surface area contributed by atoms with Gasteiger partial charge in [-0.2, -0.15) is 0 Å². The maximum Gasteiger partial charge on any atom is 0.242 e. The number of rotatable bonds is 5. The van der Waals surface area contributed by atoms with Crippen molar-refractivity contribution in [1.29, 1.82) is 0 Å². The number of methoxy groups -OCH3 is 1. The quantitative estimate of drug-likeness (QED) is 0.840. The molecule has 2 N–H and O–H groups in total. The highest BCUT2D eigenvalue weighted by Gasteiger charge is 2.25. The number of hydrogen-bond acceptors (Lipinski definition) is 4. The molecule has 1 rings (SSSR count). The van der Waals surface area contributed by atoms with Crippen molar-refractivity contribution < 1.29 is 9.53 Å². The average molecular weight is 282 g/mol. The van der Waals surface area contributed by atoms with Gasteiger partial charge in [0, 0.05) is 18.5 Å². The summed E-state index contributed by atoms with van der Waals surface area (Å²) < 4.78 is 5.34. The standard InChI is InChI=1S/C14H22N2O2S/c1-14(2,15)13(17)16(3)9-10-6-7-12(19-5)11(8-10)18-4/h6-8H,9,15H2,1-5H3. The van der Waals surface area contributed by atoms with E-state index in [-0.39, 0.29) is 5.91 Å². The third-order valence-corrected chi connectivity index (χ3v) is 3.54. The van der Waals surface area contributed by atoms with Crippen molar-refractivity contribution in [2.75, 3.05) is 20.4 Å². The predicted molar refractivity (Wildman–Crippen MR) is 79.5 cm³/mol. The van der Waals surface area contributed by atoms with Crippen molar-refractivity contribution in [3.63, 3.8) is 0 Å². The van der Waals surface area contributed by atoms with E-state index in [0.29, 0.717) is 6.54 Å². The molecule has 0 saturated carbocycles. The second-order valence-corrected chi connectivity index (χ2v) is 5.92. The van der Waals surface area contributed by atoms with Gasteiger partial charge in [0.25, 0.3) is 0 Å². The van der Waals surface area contributed by atoms with Crippen LogP contribution in [0.5, 0.6) is 5.75 Å². The molecule has 1 amide bonds. The second-order valence-electron chi connectivity index (χ2n) is 5.07. The number of likely N-dealkylation sites (N-methyl/N-ethyl adjacent to an activating group) is 1. The van der Waals surface area contributed by atoms with E-state index in [0.717, 1.165) is 16.2 Å². The molecule has 0 fully saturated rings. The molecular weight excluding hydrogens is 260 g/mol. The number of nitrogens with two attached hydrogens (primary N) is 1. The summed E-state index contributed by atoms with van der Waals surface area (Å²) in [6.45, 7) is 3.94. The molecule has 0 aliphatic rings. The highest BCUT2D eigenvalue weighted by atomic mass is 32.2. The Hall–Kier alpha value is -1.20. The molecule has 4 nitrogen and oxygen atoms in total. The molecule has 106 valence electrons. The number of amides is 1. The molecule has 1 aromatic rings. The van der Waals surface area contributed by atoms with Crippen LogP contribution in [0.2, 0.25) is 0 Å². The first kappa shape index (κ1) is 15.9. The van der Waals surface area contributed by atoms with Gasteiger partial charge in [-0.1, -0.05) is 6.07 Å². The van der Waals surface area contributed by atoms with Gasteiger partial charge in [0.05, 0.1) is 12.6 Å². The molecule has 0 bridgehead atoms. The molecule has 0 unspecified atom stereocenters. The van der Waals surface area contributed by atoms with Gasteiger partial charge in [-0.15, -0.1) is 11.8 Å². The second kappa shape index (κ2) is 6.30. The van der Waals surface area contributed by atoms with Crippen molar-refractivity contribution in [2.45, 2.75) is 30.8 Å². The summed E-state index contributed by atoms with van der Waals surface area (Å²) in [5, 5.41) is 0. The Morgan fingerprint density at radius 2 is 2.11 bits per heavy atom. The minimum Gasteiger partial charge on any atom is -0.496 e. The number of nitrogens with zero attached hydrogens (tertiary/aromatic N) is 1. The third-order valence-electron chi connectivity index (χ3n) is 2.77. The minimum atomic E-state index is -0.849. The SMILES string of the molecule is COc1cc(CN(C)C(=O)C(C)(C)N)ccc1SC. The fourth-order valence-corrected chi connectivity index (χ4v) is 2.36. The molecule has 0 radical (unpaired) electrons. The highest BCUT2D eigenvalue weighted by Crippen LogP contribution is 2.28. The monoisotopic (exact) mass is 282 g/mol. The van der Waals surface area contributed by atoms with E-state index < -0.39 is 5.54 Å². The number of ether oxygens (including phenoxy) is 1. The van der Waals surface area contributed by atoms with Crippen molar-refractivity contribution in [3.8, 4) is 5.75 Å². The largest absolute Gasteiger partial charge is 0.496 e. The van der Waals surface area contributed by atoms with Crippen LogP contribution in [0.4, 0.5) is 0 Å². The number of carbonyl (C=O) groups excluding carboxylic acids is 1. The van der Waals surface area contributed by atoms with Gasteiger partial charge in [0.2, 0.25) is 5.91 Å². The van der Waals surface area contributed by atoms with Crippen molar-refractivity contribution in [1.82, 2.24) is 4.90 Å². The summed E-state index contributed by atoms with van der Waals surface area (Å²) >= 11 is 1.63. The Labute approximate surface area is 119 Å². The van der Waals surface area contributed by atoms with E-state index in [2.05, 4.69) is 0 Å². The minimum absolute atomic E-state index is 0.0830. The van der Waals surface area contributed by atoms with Crippen LogP contribution in [0.15, 0.2) is 23.1 Å². The van der Waals surface area contributed by atoms with E-state index in [9.17, 15) is 4.79 Å². The van der Waals surface area contributed by atoms with Crippen LogP contribution in [-0.4, -0.2) is 36.8 Å². The number of carbonyl (C=O) groups is 1. The zero-order chi connectivity index (χ0) is 14.6. The Kier molecular flexibility index (Phi) is 5.26. The highest BCUT2D eigenvalue weighted by molar-refractivity contribution is 7.98. The summed E-state index contributed by atoms with van der Waals surface area (Å²) in [6, 6.07) is 5.96. The zero-order valence-electron chi connectivity index (χ0n) is 12.2. The molecule has 0 spiro atoms. The van der Waals surface area contributed by atoms with Gasteiger partial charge in [0.15, 0.2) is 0 Å². The van der Waals surface area contributed by atoms with Crippen LogP contribution in [0.25, 0.3) is 0 Å². The first-order valence-electron chi connectivity index (χ1n) is 6.05. The van der Waals surface area contributed by atoms with E-state index in [4.69, 9.17) is 10.5 Å². The molecular formula is C14H22N2O2S. The molecule has 1 aromatic carbocycles. The lowest BCUT2D eigenvalue weighted by molar-refractivity contribution is -0.135. The van der Waals surface area contributed by atoms with E-state index in [1.54, 1.807) is 44.7 Å². The van der Waals surface area contributed by atoms with Gasteiger partial charge in [0.1, 0.15) is 5.75 Å². The first-order valence-corrected chi connectivity index (χ1v) is 7.27. The van der Waals surface area contributed by atoms with E-state index in [1.807, 2.05) is 24.5 Å². The summed E-state index contributed by atoms with van der Waals surface area (Å²) in [5.74, 6) is 0.748. The van der Waals surface area contributed by atoms with Gasteiger partial charge < -0.3 is 15.4 Å². The van der Waals surface area contributed by atoms with Crippen LogP contribution in [0.1, 0.15) is 19.4 Å². The molecule has 0 aliphatic heterocycles. The fourth-order valence-electron chi connectivity index (χ4n) is 1.82. The van der Waals surface area contributed by atoms with Gasteiger partial charge in [-0.3, -0.25) is 4.79 Å². The molecule has 0 aromatic heterocycles. The maximum atomic E-state index is 12.0. The van der Waals surface area contributed by atoms with E-state index in [1.165, 1.54) is 0 Å². The lowest BCUT2D eigenvalue weighted by Gasteiger charge is -2.26. The molecule has 0 saturated heterocycles. The van der Waals surface area contributed by atoms with Crippen molar-refractivity contribution >= 4 is 17.7 Å². The van der Waals surface area contributed by atoms with Crippen LogP contribution in [0, 0.1) is 0 Å². The fraction of sp³-hybridized carbons (Fsp3) is 0.500. The summed E-state index contributed by atoms with van der Waals surface area (Å²) in [5.41, 5.74) is 5.99. The van der Waals surface area contributed by atoms with Gasteiger partial charge in [-0.05, 0) is 37.8 Å². The number of hydrogen-bond donors (Lipinski definition) is 1. The Bertz CT molecular complexity index is 455. The van der Waals surface area contributed by atoms with Crippen LogP contribution < -0.4 is 10.5 Å². The lowest BCUT2D eigenvalue weighted by atomic mass is 10.1. The van der Waals surface area contributed by atoms with Crippen LogP contribution >= 0.6 is 11.8 Å². The average Bonchev–Trinajstić information content (AvgIpc) is 2.36. The predicted octanol–water partition coefficient (Wildman–Crippen LogP) is 2.11. The normalized spacial score (nSPS) is 11.3. The number of thioether (sulfide) groups is 1. The molecule has 19 heavy (non-hydrogen) atoms. The third kappa shape index (κ3) is 4.14. The first-order chi connectivity index (χ1) is 8.79. The van der Waals surface area contributed by atoms with Crippen LogP contribution in [0.3, 0.4) is 0 Å². The summed E-state index contributed by atoms with van der Waals surface area (Å²) in [4.78, 5) is 14.7. The Morgan fingerprint density at radius 1 is 1.47 bits per heavy atom.